The number of piperazine rings is 1. The fraction of sp³-hybridized carbons (Fsp3) is 0.419. The van der Waals surface area contributed by atoms with Gasteiger partial charge in [0.1, 0.15) is 17.4 Å². The van der Waals surface area contributed by atoms with Crippen molar-refractivity contribution in [2.45, 2.75) is 40.3 Å². The maximum atomic E-state index is 13.5. The molecule has 1 unspecified atom stereocenters. The lowest BCUT2D eigenvalue weighted by Crippen LogP contribution is -2.49. The molecule has 0 spiro atoms. The van der Waals surface area contributed by atoms with E-state index in [9.17, 15) is 9.59 Å². The Labute approximate surface area is 236 Å². The molecule has 1 aromatic carbocycles. The van der Waals surface area contributed by atoms with Crippen LogP contribution in [0.25, 0.3) is 0 Å². The lowest BCUT2D eigenvalue weighted by molar-refractivity contribution is 0.0746. The first-order valence-electron chi connectivity index (χ1n) is 13.9. The third-order valence-corrected chi connectivity index (χ3v) is 7.81. The third-order valence-electron chi connectivity index (χ3n) is 7.81. The second-order valence-corrected chi connectivity index (χ2v) is 11.0. The summed E-state index contributed by atoms with van der Waals surface area (Å²) in [6.45, 7) is 12.2. The summed E-state index contributed by atoms with van der Waals surface area (Å²) in [6, 6.07) is 13.4. The van der Waals surface area contributed by atoms with Gasteiger partial charge in [0.2, 0.25) is 0 Å². The fourth-order valence-electron chi connectivity index (χ4n) is 5.54. The number of methoxy groups -OCH3 is 1. The molecule has 4 heterocycles. The summed E-state index contributed by atoms with van der Waals surface area (Å²) in [5.74, 6) is 2.55. The van der Waals surface area contributed by atoms with Crippen LogP contribution in [0.1, 0.15) is 40.9 Å². The molecule has 2 aromatic heterocycles. The minimum absolute atomic E-state index is 0.00767. The molecule has 3 aromatic rings. The second-order valence-electron chi connectivity index (χ2n) is 11.0. The summed E-state index contributed by atoms with van der Waals surface area (Å²) in [4.78, 5) is 43.7. The minimum atomic E-state index is -0.0720. The summed E-state index contributed by atoms with van der Waals surface area (Å²) in [5, 5.41) is 0. The Morgan fingerprint density at radius 2 is 1.73 bits per heavy atom. The van der Waals surface area contributed by atoms with Crippen LogP contribution < -0.4 is 14.5 Å². The Morgan fingerprint density at radius 3 is 2.33 bits per heavy atom. The number of hydrogen-bond acceptors (Lipinski definition) is 6. The highest BCUT2D eigenvalue weighted by Crippen LogP contribution is 2.29. The summed E-state index contributed by atoms with van der Waals surface area (Å²) in [6.07, 6.45) is 3.49. The van der Waals surface area contributed by atoms with Gasteiger partial charge >= 0.3 is 6.03 Å². The minimum Gasteiger partial charge on any atom is -0.497 e. The van der Waals surface area contributed by atoms with Crippen molar-refractivity contribution >= 4 is 23.6 Å². The Morgan fingerprint density at radius 1 is 1.00 bits per heavy atom. The molecule has 0 N–H and O–H groups in total. The Bertz CT molecular complexity index is 1350. The molecule has 0 radical (unpaired) electrons. The predicted octanol–water partition coefficient (Wildman–Crippen LogP) is 4.53. The molecule has 2 aliphatic heterocycles. The van der Waals surface area contributed by atoms with Crippen molar-refractivity contribution in [3.63, 3.8) is 0 Å². The normalized spacial score (nSPS) is 17.6. The lowest BCUT2D eigenvalue weighted by Gasteiger charge is -2.36. The molecule has 2 fully saturated rings. The van der Waals surface area contributed by atoms with E-state index in [2.05, 4.69) is 41.7 Å². The van der Waals surface area contributed by atoms with Crippen LogP contribution in [0, 0.1) is 19.8 Å². The zero-order chi connectivity index (χ0) is 28.4. The number of aryl methyl sites for hydroxylation is 2. The molecule has 5 rings (SSSR count). The first-order chi connectivity index (χ1) is 19.2. The standard InChI is InChI=1S/C31H38N6O3/c1-21(2)27-20-36(19-24-6-9-26(40-5)10-7-24)31(39)37(27)28-11-8-25(18-32-28)30(38)35-14-12-34(13-15-35)29-23(4)16-22(3)17-33-29/h6-11,16-18,21,27H,12-15,19-20H2,1-5H3. The van der Waals surface area contributed by atoms with E-state index in [1.54, 1.807) is 30.3 Å². The van der Waals surface area contributed by atoms with Gasteiger partial charge in [0, 0.05) is 51.7 Å². The highest BCUT2D eigenvalue weighted by molar-refractivity contribution is 5.96. The number of rotatable bonds is 7. The topological polar surface area (TPSA) is 82.1 Å². The van der Waals surface area contributed by atoms with Gasteiger partial charge in [-0.05, 0) is 60.7 Å². The zero-order valence-electron chi connectivity index (χ0n) is 24.0. The molecule has 2 aliphatic rings. The van der Waals surface area contributed by atoms with Crippen LogP contribution in [0.2, 0.25) is 0 Å². The van der Waals surface area contributed by atoms with Gasteiger partial charge in [-0.2, -0.15) is 0 Å². The zero-order valence-corrected chi connectivity index (χ0v) is 24.0. The van der Waals surface area contributed by atoms with Crippen LogP contribution in [-0.2, 0) is 6.54 Å². The van der Waals surface area contributed by atoms with E-state index in [-0.39, 0.29) is 23.9 Å². The van der Waals surface area contributed by atoms with Gasteiger partial charge in [-0.3, -0.25) is 9.69 Å². The summed E-state index contributed by atoms with van der Waals surface area (Å²) >= 11 is 0. The van der Waals surface area contributed by atoms with Gasteiger partial charge in [-0.15, -0.1) is 0 Å². The van der Waals surface area contributed by atoms with E-state index >= 15 is 0 Å². The van der Waals surface area contributed by atoms with Gasteiger partial charge in [0.05, 0.1) is 18.7 Å². The van der Waals surface area contributed by atoms with Gasteiger partial charge in [0.25, 0.3) is 5.91 Å². The maximum Gasteiger partial charge on any atom is 0.326 e. The average molecular weight is 543 g/mol. The first kappa shape index (κ1) is 27.4. The number of aromatic nitrogens is 2. The first-order valence-corrected chi connectivity index (χ1v) is 13.9. The summed E-state index contributed by atoms with van der Waals surface area (Å²) in [5.41, 5.74) is 3.87. The molecule has 0 aliphatic carbocycles. The van der Waals surface area contributed by atoms with E-state index in [1.807, 2.05) is 47.2 Å². The van der Waals surface area contributed by atoms with E-state index in [4.69, 9.17) is 4.74 Å². The predicted molar refractivity (Wildman–Crippen MR) is 156 cm³/mol. The number of hydrogen-bond donors (Lipinski definition) is 0. The second kappa shape index (κ2) is 11.5. The SMILES string of the molecule is COc1ccc(CN2CC(C(C)C)N(c3ccc(C(=O)N4CCN(c5ncc(C)cc5C)CC4)cn3)C2=O)cc1. The van der Waals surface area contributed by atoms with E-state index in [1.165, 1.54) is 0 Å². The number of carbonyl (C=O) groups is 2. The van der Waals surface area contributed by atoms with Crippen LogP contribution in [0.3, 0.4) is 0 Å². The number of anilines is 2. The van der Waals surface area contributed by atoms with Crippen LogP contribution in [0.15, 0.2) is 54.9 Å². The van der Waals surface area contributed by atoms with Crippen LogP contribution in [-0.4, -0.2) is 77.6 Å². The van der Waals surface area contributed by atoms with Crippen molar-refractivity contribution < 1.29 is 14.3 Å². The third kappa shape index (κ3) is 5.59. The molecule has 2 saturated heterocycles. The molecule has 3 amide bonds. The van der Waals surface area contributed by atoms with Crippen molar-refractivity contribution in [2.75, 3.05) is 49.6 Å². The van der Waals surface area contributed by atoms with Gasteiger partial charge in [-0.1, -0.05) is 32.0 Å². The monoisotopic (exact) mass is 542 g/mol. The fourth-order valence-corrected chi connectivity index (χ4v) is 5.54. The van der Waals surface area contributed by atoms with E-state index in [0.29, 0.717) is 37.6 Å². The van der Waals surface area contributed by atoms with Crippen molar-refractivity contribution in [1.29, 1.82) is 0 Å². The summed E-state index contributed by atoms with van der Waals surface area (Å²) < 4.78 is 5.25. The number of pyridine rings is 2. The number of benzene rings is 1. The average Bonchev–Trinajstić information content (AvgIpc) is 3.29. The summed E-state index contributed by atoms with van der Waals surface area (Å²) in [7, 11) is 1.64. The van der Waals surface area contributed by atoms with Crippen LogP contribution in [0.5, 0.6) is 5.75 Å². The Hall–Kier alpha value is -4.14. The molecule has 210 valence electrons. The Balaban J connectivity index is 1.24. The van der Waals surface area contributed by atoms with Crippen molar-refractivity contribution in [1.82, 2.24) is 19.8 Å². The van der Waals surface area contributed by atoms with Gasteiger partial charge < -0.3 is 19.4 Å². The molecule has 0 bridgehead atoms. The quantitative estimate of drug-likeness (QED) is 0.436. The van der Waals surface area contributed by atoms with Crippen molar-refractivity contribution in [3.05, 3.63) is 77.1 Å². The highest BCUT2D eigenvalue weighted by atomic mass is 16.5. The van der Waals surface area contributed by atoms with Crippen molar-refractivity contribution in [3.8, 4) is 5.75 Å². The Kier molecular flexibility index (Phi) is 7.91. The molecule has 9 heteroatoms. The van der Waals surface area contributed by atoms with Gasteiger partial charge in [0.15, 0.2) is 0 Å². The molecule has 40 heavy (non-hydrogen) atoms. The molecule has 9 nitrogen and oxygen atoms in total. The van der Waals surface area contributed by atoms with E-state index < -0.39 is 0 Å². The number of carbonyl (C=O) groups excluding carboxylic acids is 2. The number of nitrogens with zero attached hydrogens (tertiary/aromatic N) is 6. The largest absolute Gasteiger partial charge is 0.497 e. The lowest BCUT2D eigenvalue weighted by atomic mass is 10.0. The molecular formula is C31H38N6O3. The molecule has 1 atom stereocenters. The molecular weight excluding hydrogens is 504 g/mol. The van der Waals surface area contributed by atoms with Crippen LogP contribution >= 0.6 is 0 Å². The van der Waals surface area contributed by atoms with Crippen LogP contribution in [0.4, 0.5) is 16.4 Å². The van der Waals surface area contributed by atoms with Gasteiger partial charge in [-0.25, -0.2) is 14.8 Å². The smallest absolute Gasteiger partial charge is 0.326 e. The number of ether oxygens (including phenoxy) is 1. The number of amides is 3. The number of urea groups is 1. The molecule has 0 saturated carbocycles. The van der Waals surface area contributed by atoms with Crippen molar-refractivity contribution in [2.24, 2.45) is 5.92 Å². The highest BCUT2D eigenvalue weighted by Gasteiger charge is 2.40. The van der Waals surface area contributed by atoms with E-state index in [0.717, 1.165) is 41.3 Å². The maximum absolute atomic E-state index is 13.5.